The van der Waals surface area contributed by atoms with Gasteiger partial charge in [0.15, 0.2) is 0 Å². The van der Waals surface area contributed by atoms with Crippen LogP contribution in [0.2, 0.25) is 0 Å². The zero-order chi connectivity index (χ0) is 21.1. The first kappa shape index (κ1) is 20.5. The second-order valence-electron chi connectivity index (χ2n) is 5.29. The molecule has 0 heterocycles. The van der Waals surface area contributed by atoms with Crippen LogP contribution in [0.4, 0.5) is 35.0 Å². The lowest BCUT2D eigenvalue weighted by molar-refractivity contribution is -0.385. The van der Waals surface area contributed by atoms with Gasteiger partial charge in [-0.1, -0.05) is 6.07 Å². The molecule has 12 heteroatoms. The molecule has 0 spiro atoms. The molecule has 0 aliphatic rings. The number of anilines is 2. The monoisotopic (exact) mass is 399 g/mol. The number of nitrogens with zero attached hydrogens (tertiary/aromatic N) is 1. The predicted molar refractivity (Wildman–Crippen MR) is 90.2 cm³/mol. The molecule has 0 fully saturated rings. The van der Waals surface area contributed by atoms with Crippen molar-refractivity contribution in [1.29, 1.82) is 0 Å². The van der Waals surface area contributed by atoms with Crippen LogP contribution in [-0.4, -0.2) is 29.1 Å². The minimum Gasteiger partial charge on any atom is -0.506 e. The Bertz CT molecular complexity index is 946. The maximum Gasteiger partial charge on any atom is 0.416 e. The van der Waals surface area contributed by atoms with Crippen molar-refractivity contribution in [2.24, 2.45) is 0 Å². The second kappa shape index (κ2) is 7.82. The largest absolute Gasteiger partial charge is 0.506 e. The van der Waals surface area contributed by atoms with E-state index >= 15 is 0 Å². The Hall–Kier alpha value is -3.83. The fourth-order valence-electron chi connectivity index (χ4n) is 2.16. The van der Waals surface area contributed by atoms with Crippen LogP contribution in [0, 0.1) is 10.1 Å². The van der Waals surface area contributed by atoms with E-state index in [2.05, 4.69) is 15.4 Å². The lowest BCUT2D eigenvalue weighted by Gasteiger charge is -2.12. The third-order valence-corrected chi connectivity index (χ3v) is 3.41. The minimum absolute atomic E-state index is 0.193. The minimum atomic E-state index is -4.61. The maximum atomic E-state index is 12.7. The average molecular weight is 399 g/mol. The Morgan fingerprint density at radius 3 is 2.43 bits per heavy atom. The summed E-state index contributed by atoms with van der Waals surface area (Å²) in [6, 6.07) is 4.17. The zero-order valence-electron chi connectivity index (χ0n) is 14.0. The van der Waals surface area contributed by atoms with E-state index in [1.54, 1.807) is 0 Å². The number of nitro groups is 1. The van der Waals surface area contributed by atoms with Crippen molar-refractivity contribution < 1.29 is 37.5 Å². The number of ether oxygens (including phenoxy) is 1. The lowest BCUT2D eigenvalue weighted by Crippen LogP contribution is -2.20. The molecule has 0 aliphatic carbocycles. The summed E-state index contributed by atoms with van der Waals surface area (Å²) in [5.74, 6) is -1.83. The molecule has 9 nitrogen and oxygen atoms in total. The van der Waals surface area contributed by atoms with Crippen molar-refractivity contribution in [2.75, 3.05) is 17.7 Å². The van der Waals surface area contributed by atoms with Crippen molar-refractivity contribution in [3.8, 4) is 5.75 Å². The van der Waals surface area contributed by atoms with Crippen molar-refractivity contribution >= 4 is 29.1 Å². The Kier molecular flexibility index (Phi) is 5.72. The number of aromatic hydroxyl groups is 1. The van der Waals surface area contributed by atoms with Gasteiger partial charge in [-0.2, -0.15) is 13.2 Å². The van der Waals surface area contributed by atoms with E-state index < -0.39 is 51.4 Å². The van der Waals surface area contributed by atoms with Gasteiger partial charge in [0.25, 0.3) is 5.69 Å². The predicted octanol–water partition coefficient (Wildman–Crippen LogP) is 3.75. The Morgan fingerprint density at radius 2 is 1.86 bits per heavy atom. The fourth-order valence-corrected chi connectivity index (χ4v) is 2.16. The molecule has 28 heavy (non-hydrogen) atoms. The SMILES string of the molecule is COC(=O)c1cc(NC(=O)Nc2cccc(C(F)(F)F)c2)c(O)cc1[N+](=O)[O-]. The first-order valence-electron chi connectivity index (χ1n) is 7.38. The third kappa shape index (κ3) is 4.66. The summed E-state index contributed by atoms with van der Waals surface area (Å²) < 4.78 is 42.5. The highest BCUT2D eigenvalue weighted by Gasteiger charge is 2.30. The van der Waals surface area contributed by atoms with Crippen LogP contribution >= 0.6 is 0 Å². The fraction of sp³-hybridized carbons (Fsp3) is 0.125. The molecule has 3 N–H and O–H groups in total. The number of methoxy groups -OCH3 is 1. The number of benzene rings is 2. The molecular formula is C16H12F3N3O6. The number of carbonyl (C=O) groups is 2. The van der Waals surface area contributed by atoms with E-state index in [1.807, 2.05) is 0 Å². The number of nitro benzene ring substituents is 1. The van der Waals surface area contributed by atoms with Crippen LogP contribution in [-0.2, 0) is 10.9 Å². The van der Waals surface area contributed by atoms with Gasteiger partial charge < -0.3 is 20.5 Å². The van der Waals surface area contributed by atoms with Crippen LogP contribution < -0.4 is 10.6 Å². The van der Waals surface area contributed by atoms with Gasteiger partial charge in [-0.3, -0.25) is 10.1 Å². The lowest BCUT2D eigenvalue weighted by atomic mass is 10.1. The number of hydrogen-bond donors (Lipinski definition) is 3. The number of amides is 2. The number of alkyl halides is 3. The molecule has 2 amide bonds. The van der Waals surface area contributed by atoms with Crippen LogP contribution in [0.5, 0.6) is 5.75 Å². The number of carbonyl (C=O) groups excluding carboxylic acids is 2. The molecular weight excluding hydrogens is 387 g/mol. The van der Waals surface area contributed by atoms with Crippen molar-refractivity contribution in [1.82, 2.24) is 0 Å². The van der Waals surface area contributed by atoms with Crippen LogP contribution in [0.1, 0.15) is 15.9 Å². The van der Waals surface area contributed by atoms with Crippen LogP contribution in [0.15, 0.2) is 36.4 Å². The highest BCUT2D eigenvalue weighted by molar-refractivity contribution is 6.03. The van der Waals surface area contributed by atoms with E-state index in [0.717, 1.165) is 25.3 Å². The Morgan fingerprint density at radius 1 is 1.18 bits per heavy atom. The molecule has 2 aromatic carbocycles. The third-order valence-electron chi connectivity index (χ3n) is 3.41. The summed E-state index contributed by atoms with van der Waals surface area (Å²) in [6.07, 6.45) is -4.61. The maximum absolute atomic E-state index is 12.7. The molecule has 2 aromatic rings. The van der Waals surface area contributed by atoms with Crippen LogP contribution in [0.25, 0.3) is 0 Å². The first-order valence-corrected chi connectivity index (χ1v) is 7.38. The smallest absolute Gasteiger partial charge is 0.416 e. The number of halogens is 3. The number of urea groups is 1. The van der Waals surface area contributed by atoms with Crippen molar-refractivity contribution in [3.05, 3.63) is 57.6 Å². The first-order chi connectivity index (χ1) is 13.0. The van der Waals surface area contributed by atoms with E-state index in [4.69, 9.17) is 0 Å². The molecule has 0 saturated carbocycles. The van der Waals surface area contributed by atoms with E-state index in [-0.39, 0.29) is 5.69 Å². The summed E-state index contributed by atoms with van der Waals surface area (Å²) in [7, 11) is 0.979. The van der Waals surface area contributed by atoms with Gasteiger partial charge in [0.05, 0.1) is 29.4 Å². The highest BCUT2D eigenvalue weighted by Crippen LogP contribution is 2.33. The summed E-state index contributed by atoms with van der Waals surface area (Å²) in [6.45, 7) is 0. The summed E-state index contributed by atoms with van der Waals surface area (Å²) in [5.41, 5.74) is -2.87. The quantitative estimate of drug-likeness (QED) is 0.311. The molecule has 0 radical (unpaired) electrons. The summed E-state index contributed by atoms with van der Waals surface area (Å²) in [5, 5.41) is 25.0. The molecule has 0 aliphatic heterocycles. The molecule has 0 atom stereocenters. The van der Waals surface area contributed by atoms with Gasteiger partial charge in [-0.05, 0) is 24.3 Å². The normalized spacial score (nSPS) is 10.9. The number of phenols is 1. The second-order valence-corrected chi connectivity index (χ2v) is 5.29. The van der Waals surface area contributed by atoms with E-state index in [0.29, 0.717) is 12.1 Å². The highest BCUT2D eigenvalue weighted by atomic mass is 19.4. The van der Waals surface area contributed by atoms with Gasteiger partial charge in [0, 0.05) is 5.69 Å². The molecule has 0 bridgehead atoms. The number of hydrogen-bond acceptors (Lipinski definition) is 6. The van der Waals surface area contributed by atoms with E-state index in [9.17, 15) is 38.0 Å². The Balaban J connectivity index is 2.27. The average Bonchev–Trinajstić information content (AvgIpc) is 2.61. The van der Waals surface area contributed by atoms with Gasteiger partial charge in [-0.25, -0.2) is 9.59 Å². The summed E-state index contributed by atoms with van der Waals surface area (Å²) >= 11 is 0. The molecule has 148 valence electrons. The zero-order valence-corrected chi connectivity index (χ0v) is 14.0. The van der Waals surface area contributed by atoms with Gasteiger partial charge in [0.1, 0.15) is 11.3 Å². The number of rotatable bonds is 4. The number of nitrogens with one attached hydrogen (secondary N) is 2. The van der Waals surface area contributed by atoms with Gasteiger partial charge >= 0.3 is 18.2 Å². The van der Waals surface area contributed by atoms with Crippen LogP contribution in [0.3, 0.4) is 0 Å². The number of esters is 1. The van der Waals surface area contributed by atoms with Gasteiger partial charge in [0.2, 0.25) is 0 Å². The molecule has 0 unspecified atom stereocenters. The van der Waals surface area contributed by atoms with Gasteiger partial charge in [-0.15, -0.1) is 0 Å². The molecule has 0 saturated heterocycles. The summed E-state index contributed by atoms with van der Waals surface area (Å²) in [4.78, 5) is 33.7. The van der Waals surface area contributed by atoms with E-state index in [1.165, 1.54) is 6.07 Å². The standard InChI is InChI=1S/C16H12F3N3O6/c1-28-14(24)10-6-11(13(23)7-12(10)22(26)27)21-15(25)20-9-4-2-3-8(5-9)16(17,18)19/h2-7,23H,1H3,(H2,20,21,25). The molecule has 2 rings (SSSR count). The number of phenolic OH excluding ortho intramolecular Hbond substituents is 1. The Labute approximate surface area is 154 Å². The van der Waals surface area contributed by atoms with Crippen molar-refractivity contribution in [2.45, 2.75) is 6.18 Å². The van der Waals surface area contributed by atoms with Crippen molar-refractivity contribution in [3.63, 3.8) is 0 Å². The topological polar surface area (TPSA) is 131 Å². The molecule has 0 aromatic heterocycles.